The number of likely N-dealkylation sites (tertiary alicyclic amines) is 1. The number of pyridine rings is 1. The SMILES string of the molecule is CCC(=O)N1CCC(Cc2ccccc2-c2ccncc2)(C(=O)NCC(C)C)C1. The molecule has 5 nitrogen and oxygen atoms in total. The van der Waals surface area contributed by atoms with E-state index in [-0.39, 0.29) is 11.8 Å². The van der Waals surface area contributed by atoms with Crippen LogP contribution >= 0.6 is 0 Å². The van der Waals surface area contributed by atoms with Crippen LogP contribution in [0.25, 0.3) is 11.1 Å². The first-order valence-corrected chi connectivity index (χ1v) is 10.5. The number of nitrogens with zero attached hydrogens (tertiary/aromatic N) is 2. The van der Waals surface area contributed by atoms with E-state index in [2.05, 4.69) is 36.3 Å². The molecule has 1 N–H and O–H groups in total. The second kappa shape index (κ2) is 9.21. The van der Waals surface area contributed by atoms with E-state index in [1.54, 1.807) is 12.4 Å². The molecule has 1 fully saturated rings. The summed E-state index contributed by atoms with van der Waals surface area (Å²) in [5.41, 5.74) is 2.74. The van der Waals surface area contributed by atoms with Crippen LogP contribution in [-0.2, 0) is 16.0 Å². The molecule has 1 aliphatic heterocycles. The lowest BCUT2D eigenvalue weighted by Crippen LogP contribution is -2.46. The average molecular weight is 394 g/mol. The zero-order valence-electron chi connectivity index (χ0n) is 17.6. The summed E-state index contributed by atoms with van der Waals surface area (Å²) in [7, 11) is 0. The fraction of sp³-hybridized carbons (Fsp3) is 0.458. The van der Waals surface area contributed by atoms with Crippen LogP contribution in [-0.4, -0.2) is 41.3 Å². The Morgan fingerprint density at radius 1 is 1.17 bits per heavy atom. The van der Waals surface area contributed by atoms with Crippen LogP contribution in [0.4, 0.5) is 0 Å². The van der Waals surface area contributed by atoms with Gasteiger partial charge < -0.3 is 10.2 Å². The number of nitrogens with one attached hydrogen (secondary N) is 1. The van der Waals surface area contributed by atoms with Gasteiger partial charge in [-0.1, -0.05) is 45.0 Å². The van der Waals surface area contributed by atoms with Crippen molar-refractivity contribution in [3.05, 3.63) is 54.4 Å². The first kappa shape index (κ1) is 21.0. The number of amides is 2. The first-order chi connectivity index (χ1) is 13.9. The molecule has 0 radical (unpaired) electrons. The molecule has 3 rings (SSSR count). The fourth-order valence-electron chi connectivity index (χ4n) is 4.06. The van der Waals surface area contributed by atoms with E-state index in [0.717, 1.165) is 16.7 Å². The molecule has 29 heavy (non-hydrogen) atoms. The Balaban J connectivity index is 1.93. The van der Waals surface area contributed by atoms with Crippen molar-refractivity contribution in [2.45, 2.75) is 40.0 Å². The van der Waals surface area contributed by atoms with Crippen molar-refractivity contribution in [3.8, 4) is 11.1 Å². The van der Waals surface area contributed by atoms with Gasteiger partial charge in [-0.15, -0.1) is 0 Å². The molecule has 1 aromatic carbocycles. The maximum Gasteiger partial charge on any atom is 0.228 e. The molecule has 2 amide bonds. The van der Waals surface area contributed by atoms with Gasteiger partial charge in [0.25, 0.3) is 0 Å². The maximum absolute atomic E-state index is 13.3. The molecular formula is C24H31N3O2. The van der Waals surface area contributed by atoms with Gasteiger partial charge in [-0.25, -0.2) is 0 Å². The van der Waals surface area contributed by atoms with Crippen molar-refractivity contribution in [2.75, 3.05) is 19.6 Å². The number of hydrogen-bond acceptors (Lipinski definition) is 3. The number of carbonyl (C=O) groups is 2. The van der Waals surface area contributed by atoms with Gasteiger partial charge in [0, 0.05) is 38.4 Å². The minimum Gasteiger partial charge on any atom is -0.355 e. The highest BCUT2D eigenvalue weighted by Gasteiger charge is 2.45. The third-order valence-electron chi connectivity index (χ3n) is 5.70. The summed E-state index contributed by atoms with van der Waals surface area (Å²) in [5.74, 6) is 0.558. The summed E-state index contributed by atoms with van der Waals surface area (Å²) in [5, 5.41) is 3.13. The third-order valence-corrected chi connectivity index (χ3v) is 5.70. The van der Waals surface area contributed by atoms with Crippen LogP contribution in [0.5, 0.6) is 0 Å². The van der Waals surface area contributed by atoms with Crippen LogP contribution in [0.1, 0.15) is 39.2 Å². The molecule has 2 heterocycles. The van der Waals surface area contributed by atoms with Gasteiger partial charge >= 0.3 is 0 Å². The maximum atomic E-state index is 13.3. The van der Waals surface area contributed by atoms with Gasteiger partial charge in [0.2, 0.25) is 11.8 Å². The molecule has 5 heteroatoms. The Hall–Kier alpha value is -2.69. The smallest absolute Gasteiger partial charge is 0.228 e. The monoisotopic (exact) mass is 393 g/mol. The van der Waals surface area contributed by atoms with Crippen molar-refractivity contribution in [1.82, 2.24) is 15.2 Å². The quantitative estimate of drug-likeness (QED) is 0.780. The van der Waals surface area contributed by atoms with Gasteiger partial charge in [0.1, 0.15) is 0 Å². The van der Waals surface area contributed by atoms with Crippen LogP contribution in [0.2, 0.25) is 0 Å². The average Bonchev–Trinajstić information content (AvgIpc) is 3.17. The van der Waals surface area contributed by atoms with Crippen molar-refractivity contribution in [2.24, 2.45) is 11.3 Å². The second-order valence-corrected chi connectivity index (χ2v) is 8.37. The van der Waals surface area contributed by atoms with Crippen molar-refractivity contribution in [1.29, 1.82) is 0 Å². The molecule has 0 bridgehead atoms. The van der Waals surface area contributed by atoms with Crippen molar-refractivity contribution < 1.29 is 9.59 Å². The molecule has 1 saturated heterocycles. The Bertz CT molecular complexity index is 850. The van der Waals surface area contributed by atoms with Crippen LogP contribution in [0.15, 0.2) is 48.8 Å². The molecular weight excluding hydrogens is 362 g/mol. The lowest BCUT2D eigenvalue weighted by atomic mass is 9.78. The normalized spacial score (nSPS) is 18.8. The molecule has 1 unspecified atom stereocenters. The standard InChI is InChI=1S/C24H31N3O2/c1-4-22(28)27-14-11-24(17-27,23(29)26-16-18(2)3)15-20-7-5-6-8-21(20)19-9-12-25-13-10-19/h5-10,12-13,18H,4,11,14-17H2,1-3H3,(H,26,29). The molecule has 0 aliphatic carbocycles. The lowest BCUT2D eigenvalue weighted by Gasteiger charge is -2.29. The van der Waals surface area contributed by atoms with E-state index < -0.39 is 5.41 Å². The van der Waals surface area contributed by atoms with E-state index in [1.165, 1.54) is 0 Å². The topological polar surface area (TPSA) is 62.3 Å². The molecule has 2 aromatic rings. The highest BCUT2D eigenvalue weighted by Crippen LogP contribution is 2.37. The zero-order chi connectivity index (χ0) is 20.9. The Morgan fingerprint density at radius 2 is 1.90 bits per heavy atom. The van der Waals surface area contributed by atoms with Gasteiger partial charge in [0.05, 0.1) is 5.41 Å². The van der Waals surface area contributed by atoms with E-state index in [4.69, 9.17) is 0 Å². The summed E-state index contributed by atoms with van der Waals surface area (Å²) in [4.78, 5) is 31.6. The third kappa shape index (κ3) is 4.84. The van der Waals surface area contributed by atoms with E-state index >= 15 is 0 Å². The second-order valence-electron chi connectivity index (χ2n) is 8.37. The number of aromatic nitrogens is 1. The van der Waals surface area contributed by atoms with E-state index in [9.17, 15) is 9.59 Å². The molecule has 0 saturated carbocycles. The largest absolute Gasteiger partial charge is 0.355 e. The highest BCUT2D eigenvalue weighted by molar-refractivity contribution is 5.86. The number of benzene rings is 1. The van der Waals surface area contributed by atoms with Gasteiger partial charge in [-0.05, 0) is 47.6 Å². The fourth-order valence-corrected chi connectivity index (χ4v) is 4.06. The first-order valence-electron chi connectivity index (χ1n) is 10.5. The summed E-state index contributed by atoms with van der Waals surface area (Å²) in [6, 6.07) is 12.2. The Labute approximate surface area is 173 Å². The minimum absolute atomic E-state index is 0.0575. The van der Waals surface area contributed by atoms with Crippen molar-refractivity contribution >= 4 is 11.8 Å². The Kier molecular flexibility index (Phi) is 6.68. The van der Waals surface area contributed by atoms with Gasteiger partial charge in [0.15, 0.2) is 0 Å². The summed E-state index contributed by atoms with van der Waals surface area (Å²) < 4.78 is 0. The van der Waals surface area contributed by atoms with Crippen molar-refractivity contribution in [3.63, 3.8) is 0 Å². The minimum atomic E-state index is -0.594. The predicted molar refractivity (Wildman–Crippen MR) is 115 cm³/mol. The Morgan fingerprint density at radius 3 is 2.59 bits per heavy atom. The lowest BCUT2D eigenvalue weighted by molar-refractivity contribution is -0.133. The van der Waals surface area contributed by atoms with Crippen LogP contribution < -0.4 is 5.32 Å². The van der Waals surface area contributed by atoms with Gasteiger partial charge in [-0.3, -0.25) is 14.6 Å². The highest BCUT2D eigenvalue weighted by atomic mass is 16.2. The number of hydrogen-bond donors (Lipinski definition) is 1. The van der Waals surface area contributed by atoms with E-state index in [1.807, 2.05) is 36.1 Å². The summed E-state index contributed by atoms with van der Waals surface area (Å²) in [6.45, 7) is 7.82. The molecule has 1 aromatic heterocycles. The predicted octanol–water partition coefficient (Wildman–Crippen LogP) is 3.69. The molecule has 154 valence electrons. The van der Waals surface area contributed by atoms with Gasteiger partial charge in [-0.2, -0.15) is 0 Å². The summed E-state index contributed by atoms with van der Waals surface area (Å²) >= 11 is 0. The molecule has 0 spiro atoms. The number of rotatable bonds is 7. The zero-order valence-corrected chi connectivity index (χ0v) is 17.6. The van der Waals surface area contributed by atoms with Crippen LogP contribution in [0, 0.1) is 11.3 Å². The van der Waals surface area contributed by atoms with E-state index in [0.29, 0.717) is 44.8 Å². The summed E-state index contributed by atoms with van der Waals surface area (Å²) in [6.07, 6.45) is 5.34. The molecule has 1 aliphatic rings. The molecule has 1 atom stereocenters. The van der Waals surface area contributed by atoms with Crippen LogP contribution in [0.3, 0.4) is 0 Å². The number of carbonyl (C=O) groups excluding carboxylic acids is 2.